The molecule has 2 N–H and O–H groups in total. The maximum atomic E-state index is 5.68. The van der Waals surface area contributed by atoms with Crippen molar-refractivity contribution in [1.29, 1.82) is 0 Å². The van der Waals surface area contributed by atoms with Crippen molar-refractivity contribution in [3.63, 3.8) is 0 Å². The molecule has 0 radical (unpaired) electrons. The number of aromatic nitrogens is 5. The lowest BCUT2D eigenvalue weighted by atomic mass is 10.5. The molecule has 0 saturated heterocycles. The van der Waals surface area contributed by atoms with Gasteiger partial charge < -0.3 is 5.73 Å². The summed E-state index contributed by atoms with van der Waals surface area (Å²) in [6, 6.07) is 1.73. The zero-order valence-corrected chi connectivity index (χ0v) is 7.75. The molecule has 6 nitrogen and oxygen atoms in total. The molecule has 0 aromatic carbocycles. The maximum Gasteiger partial charge on any atom is 0.225 e. The topological polar surface area (TPSA) is 82.5 Å². The van der Waals surface area contributed by atoms with Gasteiger partial charge in [0.25, 0.3) is 0 Å². The van der Waals surface area contributed by atoms with E-state index in [0.29, 0.717) is 17.6 Å². The molecule has 2 aromatic rings. The summed E-state index contributed by atoms with van der Waals surface area (Å²) in [5.74, 6) is 1.69. The number of nitrogen functional groups attached to an aromatic ring is 1. The van der Waals surface area contributed by atoms with E-state index in [4.69, 9.17) is 5.73 Å². The molecule has 0 fully saturated rings. The largest absolute Gasteiger partial charge is 0.368 e. The Morgan fingerprint density at radius 2 is 2.36 bits per heavy atom. The average Bonchev–Trinajstić information content (AvgIpc) is 2.61. The second kappa shape index (κ2) is 3.41. The Morgan fingerprint density at radius 3 is 2.93 bits per heavy atom. The average molecular weight is 190 g/mol. The molecule has 2 heterocycles. The van der Waals surface area contributed by atoms with Crippen LogP contribution in [-0.4, -0.2) is 24.7 Å². The predicted octanol–water partition coefficient (Wildman–Crippen LogP) is 0.202. The Labute approximate surface area is 80.8 Å². The number of nitrogens with zero attached hydrogens (tertiary/aromatic N) is 5. The minimum Gasteiger partial charge on any atom is -0.368 e. The lowest BCUT2D eigenvalue weighted by Crippen LogP contribution is -2.04. The zero-order valence-electron chi connectivity index (χ0n) is 7.75. The van der Waals surface area contributed by atoms with Crippen LogP contribution in [-0.2, 0) is 6.42 Å². The monoisotopic (exact) mass is 190 g/mol. The van der Waals surface area contributed by atoms with Crippen LogP contribution in [0.1, 0.15) is 12.7 Å². The molecule has 0 spiro atoms. The Kier molecular flexibility index (Phi) is 2.10. The summed E-state index contributed by atoms with van der Waals surface area (Å²) in [4.78, 5) is 11.9. The van der Waals surface area contributed by atoms with E-state index >= 15 is 0 Å². The Bertz CT molecular complexity index is 421. The van der Waals surface area contributed by atoms with Crippen molar-refractivity contribution in [2.45, 2.75) is 13.3 Å². The fraction of sp³-hybridized carbons (Fsp3) is 0.250. The highest BCUT2D eigenvalue weighted by atomic mass is 15.4. The van der Waals surface area contributed by atoms with Crippen LogP contribution < -0.4 is 5.73 Å². The summed E-state index contributed by atoms with van der Waals surface area (Å²) in [6.45, 7) is 1.97. The van der Waals surface area contributed by atoms with Gasteiger partial charge in [-0.3, -0.25) is 0 Å². The van der Waals surface area contributed by atoms with Gasteiger partial charge in [-0.2, -0.15) is 9.67 Å². The van der Waals surface area contributed by atoms with E-state index < -0.39 is 0 Å². The summed E-state index contributed by atoms with van der Waals surface area (Å²) in [5.41, 5.74) is 5.68. The first-order chi connectivity index (χ1) is 6.81. The molecule has 0 aliphatic heterocycles. The number of nitrogens with two attached hydrogens (primary N) is 1. The van der Waals surface area contributed by atoms with Crippen molar-refractivity contribution in [2.75, 3.05) is 5.73 Å². The molecule has 14 heavy (non-hydrogen) atoms. The SMILES string of the molecule is CCc1nc(N)n(-c2ccncn2)n1. The summed E-state index contributed by atoms with van der Waals surface area (Å²) < 4.78 is 1.50. The molecule has 0 unspecified atom stereocenters. The fourth-order valence-electron chi connectivity index (χ4n) is 1.10. The molecule has 6 heteroatoms. The van der Waals surface area contributed by atoms with E-state index in [0.717, 1.165) is 6.42 Å². The van der Waals surface area contributed by atoms with Crippen LogP contribution >= 0.6 is 0 Å². The lowest BCUT2D eigenvalue weighted by Gasteiger charge is -1.98. The van der Waals surface area contributed by atoms with E-state index in [9.17, 15) is 0 Å². The van der Waals surface area contributed by atoms with Gasteiger partial charge in [0.1, 0.15) is 6.33 Å². The lowest BCUT2D eigenvalue weighted by molar-refractivity contribution is 0.817. The van der Waals surface area contributed by atoms with Gasteiger partial charge in [0.2, 0.25) is 5.95 Å². The highest BCUT2D eigenvalue weighted by molar-refractivity contribution is 5.29. The zero-order chi connectivity index (χ0) is 9.97. The molecule has 2 rings (SSSR count). The summed E-state index contributed by atoms with van der Waals surface area (Å²) in [5, 5.41) is 4.19. The normalized spacial score (nSPS) is 10.4. The van der Waals surface area contributed by atoms with Gasteiger partial charge in [-0.25, -0.2) is 9.97 Å². The van der Waals surface area contributed by atoms with Gasteiger partial charge in [0, 0.05) is 18.7 Å². The Balaban J connectivity index is 2.46. The number of rotatable bonds is 2. The standard InChI is InChI=1S/C8H10N6/c1-2-6-12-8(9)14(13-6)7-3-4-10-5-11-7/h3-5H,2H2,1H3,(H2,9,12,13). The fourth-order valence-corrected chi connectivity index (χ4v) is 1.10. The van der Waals surface area contributed by atoms with Crippen LogP contribution in [0.5, 0.6) is 0 Å². The Hall–Kier alpha value is -1.98. The summed E-state index contributed by atoms with van der Waals surface area (Å²) in [7, 11) is 0. The third kappa shape index (κ3) is 1.41. The van der Waals surface area contributed by atoms with Crippen molar-refractivity contribution in [2.24, 2.45) is 0 Å². The molecule has 0 saturated carbocycles. The van der Waals surface area contributed by atoms with Crippen LogP contribution in [0.2, 0.25) is 0 Å². The minimum atomic E-state index is 0.348. The second-order valence-electron chi connectivity index (χ2n) is 2.72. The molecule has 0 amide bonds. The first kappa shape index (κ1) is 8.61. The molecular formula is C8H10N6. The van der Waals surface area contributed by atoms with Crippen molar-refractivity contribution in [3.05, 3.63) is 24.4 Å². The highest BCUT2D eigenvalue weighted by Gasteiger charge is 2.07. The maximum absolute atomic E-state index is 5.68. The van der Waals surface area contributed by atoms with Crippen LogP contribution in [0.15, 0.2) is 18.6 Å². The molecule has 0 bridgehead atoms. The van der Waals surface area contributed by atoms with Gasteiger partial charge in [-0.05, 0) is 0 Å². The second-order valence-corrected chi connectivity index (χ2v) is 2.72. The van der Waals surface area contributed by atoms with Gasteiger partial charge in [-0.15, -0.1) is 5.10 Å². The van der Waals surface area contributed by atoms with Gasteiger partial charge >= 0.3 is 0 Å². The van der Waals surface area contributed by atoms with E-state index in [1.54, 1.807) is 12.3 Å². The van der Waals surface area contributed by atoms with E-state index in [2.05, 4.69) is 20.1 Å². The Morgan fingerprint density at radius 1 is 1.50 bits per heavy atom. The minimum absolute atomic E-state index is 0.348. The van der Waals surface area contributed by atoms with Crippen molar-refractivity contribution in [3.8, 4) is 5.82 Å². The molecule has 0 aliphatic carbocycles. The summed E-state index contributed by atoms with van der Waals surface area (Å²) in [6.07, 6.45) is 3.83. The van der Waals surface area contributed by atoms with E-state index in [1.807, 2.05) is 6.92 Å². The van der Waals surface area contributed by atoms with Crippen molar-refractivity contribution in [1.82, 2.24) is 24.7 Å². The number of aryl methyl sites for hydroxylation is 1. The van der Waals surface area contributed by atoms with Gasteiger partial charge in [0.05, 0.1) is 0 Å². The summed E-state index contributed by atoms with van der Waals surface area (Å²) >= 11 is 0. The third-order valence-electron chi connectivity index (χ3n) is 1.78. The number of hydrogen-bond acceptors (Lipinski definition) is 5. The molecular weight excluding hydrogens is 180 g/mol. The van der Waals surface area contributed by atoms with Gasteiger partial charge in [0.15, 0.2) is 11.6 Å². The van der Waals surface area contributed by atoms with E-state index in [1.165, 1.54) is 11.0 Å². The van der Waals surface area contributed by atoms with Crippen LogP contribution in [0, 0.1) is 0 Å². The third-order valence-corrected chi connectivity index (χ3v) is 1.78. The smallest absolute Gasteiger partial charge is 0.225 e. The highest BCUT2D eigenvalue weighted by Crippen LogP contribution is 2.07. The number of anilines is 1. The first-order valence-electron chi connectivity index (χ1n) is 4.29. The van der Waals surface area contributed by atoms with Crippen LogP contribution in [0.25, 0.3) is 5.82 Å². The number of hydrogen-bond donors (Lipinski definition) is 1. The molecule has 72 valence electrons. The molecule has 0 aliphatic rings. The van der Waals surface area contributed by atoms with Crippen molar-refractivity contribution < 1.29 is 0 Å². The van der Waals surface area contributed by atoms with Crippen LogP contribution in [0.3, 0.4) is 0 Å². The van der Waals surface area contributed by atoms with Gasteiger partial charge in [-0.1, -0.05) is 6.92 Å². The quantitative estimate of drug-likeness (QED) is 0.731. The molecule has 0 atom stereocenters. The predicted molar refractivity (Wildman–Crippen MR) is 50.7 cm³/mol. The molecule has 2 aromatic heterocycles. The first-order valence-corrected chi connectivity index (χ1v) is 4.29. The van der Waals surface area contributed by atoms with Crippen molar-refractivity contribution >= 4 is 5.95 Å². The van der Waals surface area contributed by atoms with Crippen LogP contribution in [0.4, 0.5) is 5.95 Å². The van der Waals surface area contributed by atoms with E-state index in [-0.39, 0.29) is 0 Å².